The van der Waals surface area contributed by atoms with Gasteiger partial charge in [-0.15, -0.1) is 5.10 Å². The van der Waals surface area contributed by atoms with E-state index in [1.165, 1.54) is 12.1 Å². The van der Waals surface area contributed by atoms with Crippen molar-refractivity contribution in [1.29, 1.82) is 0 Å². The molecule has 2 aromatic rings. The molecule has 8 heteroatoms. The van der Waals surface area contributed by atoms with Crippen LogP contribution in [0.5, 0.6) is 0 Å². The Balaban J connectivity index is 1.90. The highest BCUT2D eigenvalue weighted by Gasteiger charge is 2.30. The predicted octanol–water partition coefficient (Wildman–Crippen LogP) is 1.19. The molecule has 1 aliphatic rings. The van der Waals surface area contributed by atoms with Gasteiger partial charge in [0.05, 0.1) is 19.2 Å². The van der Waals surface area contributed by atoms with Gasteiger partial charge in [-0.2, -0.15) is 0 Å². The maximum absolute atomic E-state index is 13.4. The lowest BCUT2D eigenvalue weighted by Gasteiger charge is -2.38. The summed E-state index contributed by atoms with van der Waals surface area (Å²) in [5.74, 6) is 0.533. The van der Waals surface area contributed by atoms with Gasteiger partial charge in [0.2, 0.25) is 0 Å². The first-order valence-electron chi connectivity index (χ1n) is 8.69. The van der Waals surface area contributed by atoms with Crippen molar-refractivity contribution in [3.63, 3.8) is 0 Å². The molecule has 0 aliphatic carbocycles. The van der Waals surface area contributed by atoms with Crippen molar-refractivity contribution in [3.8, 4) is 0 Å². The minimum Gasteiger partial charge on any atom is -0.383 e. The molecule has 0 radical (unpaired) electrons. The Bertz CT molecular complexity index is 653. The third kappa shape index (κ3) is 4.20. The molecule has 1 aromatic heterocycles. The molecule has 0 N–H and O–H groups in total. The van der Waals surface area contributed by atoms with Crippen molar-refractivity contribution in [1.82, 2.24) is 30.0 Å². The van der Waals surface area contributed by atoms with Crippen molar-refractivity contribution >= 4 is 0 Å². The van der Waals surface area contributed by atoms with Crippen molar-refractivity contribution in [2.75, 3.05) is 46.4 Å². The topological polar surface area (TPSA) is 59.3 Å². The van der Waals surface area contributed by atoms with E-state index in [1.807, 2.05) is 12.1 Å². The van der Waals surface area contributed by atoms with Gasteiger partial charge in [0.1, 0.15) is 5.82 Å². The molecule has 1 aliphatic heterocycles. The van der Waals surface area contributed by atoms with Gasteiger partial charge < -0.3 is 9.64 Å². The average molecular weight is 348 g/mol. The number of nitrogens with zero attached hydrogens (tertiary/aromatic N) is 6. The van der Waals surface area contributed by atoms with Gasteiger partial charge in [0, 0.05) is 33.3 Å². The molecular weight excluding hydrogens is 323 g/mol. The second-order valence-corrected chi connectivity index (χ2v) is 6.18. The molecule has 2 heterocycles. The second kappa shape index (κ2) is 8.46. The number of halogens is 1. The van der Waals surface area contributed by atoms with Crippen LogP contribution in [-0.2, 0) is 11.3 Å². The van der Waals surface area contributed by atoms with Crippen LogP contribution in [0.3, 0.4) is 0 Å². The van der Waals surface area contributed by atoms with E-state index < -0.39 is 0 Å². The maximum Gasteiger partial charge on any atom is 0.173 e. The second-order valence-electron chi connectivity index (χ2n) is 6.18. The van der Waals surface area contributed by atoms with Gasteiger partial charge in [-0.3, -0.25) is 4.90 Å². The van der Waals surface area contributed by atoms with E-state index in [0.717, 1.165) is 44.1 Å². The maximum atomic E-state index is 13.4. The monoisotopic (exact) mass is 348 g/mol. The van der Waals surface area contributed by atoms with E-state index in [4.69, 9.17) is 4.74 Å². The van der Waals surface area contributed by atoms with Crippen molar-refractivity contribution in [3.05, 3.63) is 41.5 Å². The third-order valence-electron chi connectivity index (χ3n) is 4.72. The molecule has 0 amide bonds. The predicted molar refractivity (Wildman–Crippen MR) is 91.6 cm³/mol. The molecule has 0 spiro atoms. The summed E-state index contributed by atoms with van der Waals surface area (Å²) in [7, 11) is 1.66. The average Bonchev–Trinajstić information content (AvgIpc) is 3.10. The zero-order valence-electron chi connectivity index (χ0n) is 14.8. The summed E-state index contributed by atoms with van der Waals surface area (Å²) >= 11 is 0. The van der Waals surface area contributed by atoms with Gasteiger partial charge in [-0.05, 0) is 34.7 Å². The lowest BCUT2D eigenvalue weighted by atomic mass is 10.0. The lowest BCUT2D eigenvalue weighted by molar-refractivity contribution is 0.107. The van der Waals surface area contributed by atoms with Crippen molar-refractivity contribution in [2.45, 2.75) is 19.5 Å². The Labute approximate surface area is 147 Å². The van der Waals surface area contributed by atoms with Crippen molar-refractivity contribution < 1.29 is 9.13 Å². The van der Waals surface area contributed by atoms with E-state index in [0.29, 0.717) is 13.2 Å². The van der Waals surface area contributed by atoms with Crippen LogP contribution in [0.2, 0.25) is 0 Å². The number of likely N-dealkylation sites (N-methyl/N-ethyl adjacent to an activating group) is 1. The largest absolute Gasteiger partial charge is 0.383 e. The molecule has 25 heavy (non-hydrogen) atoms. The summed E-state index contributed by atoms with van der Waals surface area (Å²) in [6, 6.07) is 6.54. The summed E-state index contributed by atoms with van der Waals surface area (Å²) in [5.41, 5.74) is 1.000. The van der Waals surface area contributed by atoms with Crippen LogP contribution >= 0.6 is 0 Å². The number of rotatable bonds is 7. The fourth-order valence-corrected chi connectivity index (χ4v) is 3.25. The number of piperazine rings is 1. The van der Waals surface area contributed by atoms with Crippen LogP contribution in [0.4, 0.5) is 4.39 Å². The Hall–Kier alpha value is -1.90. The summed E-state index contributed by atoms with van der Waals surface area (Å²) in [5, 5.41) is 12.2. The number of benzene rings is 1. The molecule has 1 saturated heterocycles. The summed E-state index contributed by atoms with van der Waals surface area (Å²) in [4.78, 5) is 4.79. The standard InChI is InChI=1S/C17H25FN6O/c1-3-22-8-10-23(11-9-22)16(14-4-6-15(18)7-5-14)17-19-20-21-24(17)12-13-25-2/h4-7,16H,3,8-13H2,1-2H3/t16-/m1/s1. The number of hydrogen-bond donors (Lipinski definition) is 0. The molecule has 1 aromatic carbocycles. The van der Waals surface area contributed by atoms with Gasteiger partial charge in [0.15, 0.2) is 5.82 Å². The smallest absolute Gasteiger partial charge is 0.173 e. The number of aromatic nitrogens is 4. The molecule has 1 atom stereocenters. The summed E-state index contributed by atoms with van der Waals surface area (Å²) in [6.45, 7) is 8.23. The molecule has 0 saturated carbocycles. The van der Waals surface area contributed by atoms with Crippen LogP contribution in [0.1, 0.15) is 24.4 Å². The van der Waals surface area contributed by atoms with Gasteiger partial charge in [-0.25, -0.2) is 9.07 Å². The number of tetrazole rings is 1. The molecule has 0 unspecified atom stereocenters. The highest BCUT2D eigenvalue weighted by atomic mass is 19.1. The quantitative estimate of drug-likeness (QED) is 0.749. The highest BCUT2D eigenvalue weighted by Crippen LogP contribution is 2.28. The highest BCUT2D eigenvalue weighted by molar-refractivity contribution is 5.25. The van der Waals surface area contributed by atoms with E-state index >= 15 is 0 Å². The van der Waals surface area contributed by atoms with E-state index in [9.17, 15) is 4.39 Å². The third-order valence-corrected chi connectivity index (χ3v) is 4.72. The molecule has 3 rings (SSSR count). The number of methoxy groups -OCH3 is 1. The Morgan fingerprint density at radius 2 is 1.88 bits per heavy atom. The SMILES string of the molecule is CCN1CCN([C@H](c2ccc(F)cc2)c2nnnn2CCOC)CC1. The molecule has 0 bridgehead atoms. The van der Waals surface area contributed by atoms with Gasteiger partial charge >= 0.3 is 0 Å². The van der Waals surface area contributed by atoms with Crippen LogP contribution in [-0.4, -0.2) is 76.4 Å². The first-order valence-corrected chi connectivity index (χ1v) is 8.69. The van der Waals surface area contributed by atoms with E-state index in [-0.39, 0.29) is 11.9 Å². The number of hydrogen-bond acceptors (Lipinski definition) is 6. The van der Waals surface area contributed by atoms with Crippen molar-refractivity contribution in [2.24, 2.45) is 0 Å². The van der Waals surface area contributed by atoms with Gasteiger partial charge in [-0.1, -0.05) is 19.1 Å². The van der Waals surface area contributed by atoms with Crippen LogP contribution in [0.25, 0.3) is 0 Å². The molecule has 7 nitrogen and oxygen atoms in total. The molecule has 136 valence electrons. The Kier molecular flexibility index (Phi) is 6.06. The normalized spacial score (nSPS) is 17.7. The molecular formula is C17H25FN6O. The van der Waals surface area contributed by atoms with Crippen LogP contribution < -0.4 is 0 Å². The fourth-order valence-electron chi connectivity index (χ4n) is 3.25. The lowest BCUT2D eigenvalue weighted by Crippen LogP contribution is -2.48. The summed E-state index contributed by atoms with van der Waals surface area (Å²) < 4.78 is 20.3. The first kappa shape index (κ1) is 17.9. The Morgan fingerprint density at radius 3 is 2.52 bits per heavy atom. The summed E-state index contributed by atoms with van der Waals surface area (Å²) in [6.07, 6.45) is 0. The number of ether oxygens (including phenoxy) is 1. The molecule has 1 fully saturated rings. The minimum atomic E-state index is -0.239. The first-order chi connectivity index (χ1) is 12.2. The zero-order chi connectivity index (χ0) is 17.6. The van der Waals surface area contributed by atoms with E-state index in [1.54, 1.807) is 11.8 Å². The van der Waals surface area contributed by atoms with Gasteiger partial charge in [0.25, 0.3) is 0 Å². The van der Waals surface area contributed by atoms with Crippen LogP contribution in [0.15, 0.2) is 24.3 Å². The Morgan fingerprint density at radius 1 is 1.16 bits per heavy atom. The van der Waals surface area contributed by atoms with E-state index in [2.05, 4.69) is 32.2 Å². The fraction of sp³-hybridized carbons (Fsp3) is 0.588. The van der Waals surface area contributed by atoms with Crippen LogP contribution in [0, 0.1) is 5.82 Å². The zero-order valence-corrected chi connectivity index (χ0v) is 14.8. The minimum absolute atomic E-state index is 0.0912.